The van der Waals surface area contributed by atoms with Crippen molar-refractivity contribution in [3.63, 3.8) is 0 Å². The minimum Gasteiger partial charge on any atom is -0.313 e. The SMILES string of the molecule is N#CONNO. The molecule has 6 heavy (non-hydrogen) atoms. The molecule has 0 radical (unpaired) electrons. The second-order valence-corrected chi connectivity index (χ2v) is 0.407. The van der Waals surface area contributed by atoms with E-state index in [0.29, 0.717) is 0 Å². The highest BCUT2D eigenvalue weighted by Crippen LogP contribution is 1.44. The molecule has 5 heteroatoms. The van der Waals surface area contributed by atoms with Crippen LogP contribution in [0.3, 0.4) is 0 Å². The fourth-order valence-electron chi connectivity index (χ4n) is 0.0456. The Bertz CT molecular complexity index is 56.3. The largest absolute Gasteiger partial charge is 0.313 e. The molecule has 0 saturated carbocycles. The molecule has 0 rings (SSSR count). The smallest absolute Gasteiger partial charge is 0.308 e. The summed E-state index contributed by atoms with van der Waals surface area (Å²) in [6, 6.07) is 0. The molecule has 0 heterocycles. The predicted octanol–water partition coefficient (Wildman–Crippen LogP) is -1.12. The second-order valence-electron chi connectivity index (χ2n) is 0.407. The third-order valence-electron chi connectivity index (χ3n) is 0.142. The monoisotopic (exact) mass is 89.0 g/mol. The number of nitrogens with zero attached hydrogens (tertiary/aromatic N) is 1. The highest BCUT2D eigenvalue weighted by molar-refractivity contribution is 4.38. The van der Waals surface area contributed by atoms with Crippen molar-refractivity contribution >= 4 is 0 Å². The Hall–Kier alpha value is -0.830. The molecule has 0 atom stereocenters. The van der Waals surface area contributed by atoms with Crippen LogP contribution in [0.4, 0.5) is 0 Å². The van der Waals surface area contributed by atoms with Crippen LogP contribution in [0.5, 0.6) is 0 Å². The first kappa shape index (κ1) is 5.17. The zero-order chi connectivity index (χ0) is 4.83. The first-order chi connectivity index (χ1) is 2.91. The molecule has 0 amide bonds. The molecule has 0 aromatic rings. The summed E-state index contributed by atoms with van der Waals surface area (Å²) in [6.07, 6.45) is 1.23. The molecule has 0 saturated heterocycles. The molecule has 0 bridgehead atoms. The number of hydrogen-bond donors (Lipinski definition) is 3. The zero-order valence-electron chi connectivity index (χ0n) is 2.80. The molecule has 0 aliphatic heterocycles. The molecule has 0 unspecified atom stereocenters. The van der Waals surface area contributed by atoms with Gasteiger partial charge in [0, 0.05) is 0 Å². The quantitative estimate of drug-likeness (QED) is 0.227. The van der Waals surface area contributed by atoms with Gasteiger partial charge in [-0.25, -0.2) is 0 Å². The van der Waals surface area contributed by atoms with Crippen molar-refractivity contribution < 1.29 is 10.0 Å². The highest BCUT2D eigenvalue weighted by atomic mass is 16.7. The molecular formula is CH3N3O2. The molecule has 0 aromatic heterocycles. The zero-order valence-corrected chi connectivity index (χ0v) is 2.80. The van der Waals surface area contributed by atoms with Crippen molar-refractivity contribution in [3.05, 3.63) is 0 Å². The van der Waals surface area contributed by atoms with Gasteiger partial charge in [-0.2, -0.15) is 0 Å². The lowest BCUT2D eigenvalue weighted by Gasteiger charge is -1.88. The van der Waals surface area contributed by atoms with E-state index in [9.17, 15) is 0 Å². The van der Waals surface area contributed by atoms with E-state index in [-0.39, 0.29) is 0 Å². The first-order valence-corrected chi connectivity index (χ1v) is 1.11. The lowest BCUT2D eigenvalue weighted by molar-refractivity contribution is -0.0185. The Morgan fingerprint density at radius 2 is 2.50 bits per heavy atom. The Kier molecular flexibility index (Phi) is 3.59. The maximum absolute atomic E-state index is 7.56. The fourth-order valence-corrected chi connectivity index (χ4v) is 0.0456. The summed E-state index contributed by atoms with van der Waals surface area (Å²) in [5.41, 5.74) is 3.02. The lowest BCUT2D eigenvalue weighted by Crippen LogP contribution is -2.26. The molecule has 5 nitrogen and oxygen atoms in total. The second kappa shape index (κ2) is 4.17. The maximum Gasteiger partial charge on any atom is 0.308 e. The van der Waals surface area contributed by atoms with Gasteiger partial charge in [-0.15, -0.1) is 10.9 Å². The van der Waals surface area contributed by atoms with Crippen molar-refractivity contribution in [1.29, 1.82) is 5.26 Å². The normalized spacial score (nSPS) is 6.67. The topological polar surface area (TPSA) is 77.3 Å². The summed E-state index contributed by atoms with van der Waals surface area (Å²) in [6.45, 7) is 0. The van der Waals surface area contributed by atoms with E-state index in [2.05, 4.69) is 4.84 Å². The summed E-state index contributed by atoms with van der Waals surface area (Å²) in [5.74, 6) is 0. The van der Waals surface area contributed by atoms with E-state index in [0.717, 1.165) is 0 Å². The van der Waals surface area contributed by atoms with Crippen LogP contribution in [0, 0.1) is 11.5 Å². The summed E-state index contributed by atoms with van der Waals surface area (Å²) >= 11 is 0. The van der Waals surface area contributed by atoms with Gasteiger partial charge in [0.05, 0.1) is 0 Å². The molecule has 0 aliphatic rings. The number of nitriles is 1. The van der Waals surface area contributed by atoms with E-state index in [1.165, 1.54) is 11.8 Å². The van der Waals surface area contributed by atoms with Gasteiger partial charge in [-0.05, 0) is 0 Å². The molecular weight excluding hydrogens is 86.0 g/mol. The van der Waals surface area contributed by atoms with Crippen molar-refractivity contribution in [1.82, 2.24) is 11.2 Å². The third-order valence-corrected chi connectivity index (χ3v) is 0.142. The number of nitrogens with one attached hydrogen (secondary N) is 2. The van der Waals surface area contributed by atoms with Gasteiger partial charge in [-0.3, -0.25) is 5.21 Å². The van der Waals surface area contributed by atoms with Crippen molar-refractivity contribution in [2.45, 2.75) is 0 Å². The van der Waals surface area contributed by atoms with Gasteiger partial charge in [0.1, 0.15) is 0 Å². The summed E-state index contributed by atoms with van der Waals surface area (Å²) in [7, 11) is 0. The molecule has 3 N–H and O–H groups in total. The van der Waals surface area contributed by atoms with E-state index in [1.54, 1.807) is 5.59 Å². The molecule has 0 spiro atoms. The van der Waals surface area contributed by atoms with Crippen LogP contribution in [-0.2, 0) is 4.84 Å². The van der Waals surface area contributed by atoms with Crippen LogP contribution in [0.15, 0.2) is 0 Å². The lowest BCUT2D eigenvalue weighted by atomic mass is 11.6. The number of rotatable bonds is 2. The van der Waals surface area contributed by atoms with Crippen LogP contribution in [0.2, 0.25) is 0 Å². The van der Waals surface area contributed by atoms with E-state index in [4.69, 9.17) is 10.5 Å². The predicted molar refractivity (Wildman–Crippen MR) is 14.8 cm³/mol. The Balaban J connectivity index is 2.54. The third kappa shape index (κ3) is 3.17. The van der Waals surface area contributed by atoms with Gasteiger partial charge in [-0.1, -0.05) is 5.59 Å². The maximum atomic E-state index is 7.56. The van der Waals surface area contributed by atoms with Gasteiger partial charge < -0.3 is 4.84 Å². The summed E-state index contributed by atoms with van der Waals surface area (Å²) in [5, 5.41) is 15.1. The molecule has 0 aliphatic carbocycles. The highest BCUT2D eigenvalue weighted by Gasteiger charge is 1.66. The summed E-state index contributed by atoms with van der Waals surface area (Å²) in [4.78, 5) is 3.68. The van der Waals surface area contributed by atoms with Crippen molar-refractivity contribution in [2.24, 2.45) is 0 Å². The molecule has 0 aromatic carbocycles. The number of hydrazine groups is 1. The molecule has 0 fully saturated rings. The van der Waals surface area contributed by atoms with Gasteiger partial charge in [0.15, 0.2) is 0 Å². The minimum atomic E-state index is 1.23. The standard InChI is InChI=1S/CH3N3O2/c2-1-6-4-3-5/h3-5H. The molecule has 34 valence electrons. The average Bonchev–Trinajstić information content (AvgIpc) is 1.61. The van der Waals surface area contributed by atoms with Crippen LogP contribution in [0.25, 0.3) is 0 Å². The fraction of sp³-hybridized carbons (Fsp3) is 0. The van der Waals surface area contributed by atoms with Crippen LogP contribution in [-0.4, -0.2) is 5.21 Å². The van der Waals surface area contributed by atoms with Gasteiger partial charge in [0.25, 0.3) is 0 Å². The van der Waals surface area contributed by atoms with Gasteiger partial charge >= 0.3 is 6.26 Å². The number of hydrogen-bond acceptors (Lipinski definition) is 5. The Morgan fingerprint density at radius 3 is 2.67 bits per heavy atom. The van der Waals surface area contributed by atoms with Crippen LogP contribution >= 0.6 is 0 Å². The van der Waals surface area contributed by atoms with Crippen molar-refractivity contribution in [3.8, 4) is 6.26 Å². The van der Waals surface area contributed by atoms with Crippen LogP contribution in [0.1, 0.15) is 0 Å². The van der Waals surface area contributed by atoms with Crippen molar-refractivity contribution in [2.75, 3.05) is 0 Å². The Labute approximate surface area is 34.0 Å². The summed E-state index contributed by atoms with van der Waals surface area (Å²) < 4.78 is 0. The van der Waals surface area contributed by atoms with E-state index >= 15 is 0 Å². The minimum absolute atomic E-state index is 1.23. The van der Waals surface area contributed by atoms with E-state index in [1.807, 2.05) is 0 Å². The average molecular weight is 89.1 g/mol. The van der Waals surface area contributed by atoms with Gasteiger partial charge in [0.2, 0.25) is 0 Å². The Morgan fingerprint density at radius 1 is 1.83 bits per heavy atom. The first-order valence-electron chi connectivity index (χ1n) is 1.11. The van der Waals surface area contributed by atoms with E-state index < -0.39 is 0 Å². The van der Waals surface area contributed by atoms with Crippen LogP contribution < -0.4 is 11.2 Å².